The van der Waals surface area contributed by atoms with Gasteiger partial charge in [-0.2, -0.15) is 0 Å². The van der Waals surface area contributed by atoms with Crippen molar-refractivity contribution >= 4 is 35.0 Å². The number of carbonyl (C=O) groups excluding carboxylic acids is 2. The Balaban J connectivity index is 1.51. The van der Waals surface area contributed by atoms with Gasteiger partial charge in [-0.1, -0.05) is 30.3 Å². The molecule has 0 fully saturated rings. The van der Waals surface area contributed by atoms with Gasteiger partial charge >= 0.3 is 0 Å². The number of amides is 2. The Bertz CT molecular complexity index is 952. The molecule has 1 aliphatic rings. The first-order valence-corrected chi connectivity index (χ1v) is 9.16. The molecule has 26 heavy (non-hydrogen) atoms. The van der Waals surface area contributed by atoms with Crippen molar-refractivity contribution in [3.05, 3.63) is 78.3 Å². The van der Waals surface area contributed by atoms with Crippen LogP contribution in [0.2, 0.25) is 0 Å². The minimum atomic E-state index is -0.316. The van der Waals surface area contributed by atoms with Crippen molar-refractivity contribution < 1.29 is 14.0 Å². The van der Waals surface area contributed by atoms with E-state index >= 15 is 0 Å². The second kappa shape index (κ2) is 7.09. The zero-order valence-electron chi connectivity index (χ0n) is 13.8. The molecule has 0 bridgehead atoms. The van der Waals surface area contributed by atoms with Gasteiger partial charge in [-0.15, -0.1) is 11.8 Å². The minimum absolute atomic E-state index is 0.0232. The Morgan fingerprint density at radius 2 is 1.81 bits per heavy atom. The second-order valence-corrected chi connectivity index (χ2v) is 6.87. The van der Waals surface area contributed by atoms with E-state index in [0.29, 0.717) is 17.1 Å². The number of hydrogen-bond donors (Lipinski definition) is 1. The first kappa shape index (κ1) is 16.5. The van der Waals surface area contributed by atoms with Crippen LogP contribution in [-0.4, -0.2) is 18.4 Å². The van der Waals surface area contributed by atoms with Gasteiger partial charge < -0.3 is 9.73 Å². The maximum atomic E-state index is 12.8. The summed E-state index contributed by atoms with van der Waals surface area (Å²) in [6.45, 7) is -0.0232. The molecular formula is C20H16N2O3S. The number of fused-ring (bicyclic) bond motifs is 1. The van der Waals surface area contributed by atoms with E-state index in [2.05, 4.69) is 5.32 Å². The first-order chi connectivity index (χ1) is 12.7. The molecule has 0 saturated carbocycles. The van der Waals surface area contributed by atoms with Gasteiger partial charge in [0.05, 0.1) is 17.1 Å². The normalized spacial score (nSPS) is 13.2. The van der Waals surface area contributed by atoms with E-state index in [1.54, 1.807) is 30.0 Å². The Labute approximate surface area is 155 Å². The van der Waals surface area contributed by atoms with Crippen molar-refractivity contribution in [1.29, 1.82) is 0 Å². The molecule has 4 rings (SSSR count). The number of nitrogens with zero attached hydrogens (tertiary/aromatic N) is 1. The molecule has 6 heteroatoms. The smallest absolute Gasteiger partial charge is 0.294 e. The molecule has 0 spiro atoms. The molecule has 2 amide bonds. The number of thioether (sulfide) groups is 1. The topological polar surface area (TPSA) is 62.6 Å². The molecule has 2 heterocycles. The van der Waals surface area contributed by atoms with Crippen LogP contribution in [0.3, 0.4) is 0 Å². The molecule has 0 aliphatic carbocycles. The molecule has 130 valence electrons. The van der Waals surface area contributed by atoms with Gasteiger partial charge in [-0.25, -0.2) is 0 Å². The van der Waals surface area contributed by atoms with E-state index in [1.807, 2.05) is 48.5 Å². The molecule has 1 aliphatic heterocycles. The van der Waals surface area contributed by atoms with E-state index in [4.69, 9.17) is 4.42 Å². The Hall–Kier alpha value is -2.99. The highest BCUT2D eigenvalue weighted by Crippen LogP contribution is 2.31. The standard InChI is InChI=1S/C20H16N2O3S/c23-19-12-22(17-9-5-4-8-16(17)21-19)20(24)18-11-10-14(25-18)13-26-15-6-2-1-3-7-15/h1-11H,12-13H2,(H,21,23). The Morgan fingerprint density at radius 3 is 2.65 bits per heavy atom. The fourth-order valence-electron chi connectivity index (χ4n) is 2.79. The third kappa shape index (κ3) is 3.36. The van der Waals surface area contributed by atoms with Crippen molar-refractivity contribution in [1.82, 2.24) is 0 Å². The van der Waals surface area contributed by atoms with E-state index in [-0.39, 0.29) is 24.1 Å². The first-order valence-electron chi connectivity index (χ1n) is 8.18. The van der Waals surface area contributed by atoms with Gasteiger partial charge in [0.15, 0.2) is 5.76 Å². The zero-order valence-corrected chi connectivity index (χ0v) is 14.7. The van der Waals surface area contributed by atoms with Crippen LogP contribution in [0.1, 0.15) is 16.3 Å². The highest BCUT2D eigenvalue weighted by atomic mass is 32.2. The van der Waals surface area contributed by atoms with Crippen LogP contribution in [0.15, 0.2) is 76.0 Å². The SMILES string of the molecule is O=C1CN(C(=O)c2ccc(CSc3ccccc3)o2)c2ccccc2N1. The molecule has 5 nitrogen and oxygen atoms in total. The van der Waals surface area contributed by atoms with Crippen molar-refractivity contribution in [2.24, 2.45) is 0 Å². The summed E-state index contributed by atoms with van der Waals surface area (Å²) in [6, 6.07) is 20.7. The molecule has 0 atom stereocenters. The number of hydrogen-bond acceptors (Lipinski definition) is 4. The summed E-state index contributed by atoms with van der Waals surface area (Å²) in [6.07, 6.45) is 0. The molecule has 0 radical (unpaired) electrons. The number of anilines is 2. The number of nitrogens with one attached hydrogen (secondary N) is 1. The van der Waals surface area contributed by atoms with Crippen LogP contribution in [0, 0.1) is 0 Å². The molecule has 3 aromatic rings. The van der Waals surface area contributed by atoms with Gasteiger partial charge in [-0.3, -0.25) is 14.5 Å². The summed E-state index contributed by atoms with van der Waals surface area (Å²) in [4.78, 5) is 27.3. The van der Waals surface area contributed by atoms with Gasteiger partial charge in [0, 0.05) is 4.90 Å². The maximum absolute atomic E-state index is 12.8. The van der Waals surface area contributed by atoms with Crippen LogP contribution >= 0.6 is 11.8 Å². The number of para-hydroxylation sites is 2. The van der Waals surface area contributed by atoms with Gasteiger partial charge in [0.25, 0.3) is 5.91 Å². The molecule has 2 aromatic carbocycles. The lowest BCUT2D eigenvalue weighted by molar-refractivity contribution is -0.115. The van der Waals surface area contributed by atoms with Crippen LogP contribution < -0.4 is 10.2 Å². The van der Waals surface area contributed by atoms with Crippen LogP contribution in [0.5, 0.6) is 0 Å². The molecule has 0 saturated heterocycles. The molecule has 0 unspecified atom stereocenters. The van der Waals surface area contributed by atoms with Crippen molar-refractivity contribution in [3.63, 3.8) is 0 Å². The number of furan rings is 1. The van der Waals surface area contributed by atoms with Crippen LogP contribution in [0.4, 0.5) is 11.4 Å². The quantitative estimate of drug-likeness (QED) is 0.706. The van der Waals surface area contributed by atoms with Crippen molar-refractivity contribution in [2.45, 2.75) is 10.6 Å². The number of carbonyl (C=O) groups is 2. The Kier molecular flexibility index (Phi) is 4.50. The summed E-state index contributed by atoms with van der Waals surface area (Å²) >= 11 is 1.64. The second-order valence-electron chi connectivity index (χ2n) is 5.82. The molecule has 1 aromatic heterocycles. The highest BCUT2D eigenvalue weighted by molar-refractivity contribution is 7.98. The number of benzene rings is 2. The maximum Gasteiger partial charge on any atom is 0.294 e. The molecule has 1 N–H and O–H groups in total. The fraction of sp³-hybridized carbons (Fsp3) is 0.100. The summed E-state index contributed by atoms with van der Waals surface area (Å²) < 4.78 is 5.73. The summed E-state index contributed by atoms with van der Waals surface area (Å²) in [5.41, 5.74) is 1.30. The van der Waals surface area contributed by atoms with E-state index < -0.39 is 0 Å². The average molecular weight is 364 g/mol. The lowest BCUT2D eigenvalue weighted by atomic mass is 10.2. The van der Waals surface area contributed by atoms with Crippen molar-refractivity contribution in [3.8, 4) is 0 Å². The summed E-state index contributed by atoms with van der Waals surface area (Å²) in [5, 5.41) is 2.77. The molecular weight excluding hydrogens is 348 g/mol. The van der Waals surface area contributed by atoms with E-state index in [1.165, 1.54) is 4.90 Å². The third-order valence-electron chi connectivity index (χ3n) is 4.01. The van der Waals surface area contributed by atoms with E-state index in [9.17, 15) is 9.59 Å². The predicted octanol–water partition coefficient (Wildman–Crippen LogP) is 4.17. The Morgan fingerprint density at radius 1 is 1.04 bits per heavy atom. The monoisotopic (exact) mass is 364 g/mol. The van der Waals surface area contributed by atoms with E-state index in [0.717, 1.165) is 10.7 Å². The van der Waals surface area contributed by atoms with Gasteiger partial charge in [0.1, 0.15) is 12.3 Å². The van der Waals surface area contributed by atoms with Crippen LogP contribution in [0.25, 0.3) is 0 Å². The van der Waals surface area contributed by atoms with Crippen molar-refractivity contribution in [2.75, 3.05) is 16.8 Å². The summed E-state index contributed by atoms with van der Waals surface area (Å²) in [5.74, 6) is 1.05. The third-order valence-corrected chi connectivity index (χ3v) is 5.05. The van der Waals surface area contributed by atoms with Crippen LogP contribution in [-0.2, 0) is 10.5 Å². The lowest BCUT2D eigenvalue weighted by Crippen LogP contribution is -2.42. The fourth-order valence-corrected chi connectivity index (χ4v) is 3.60. The minimum Gasteiger partial charge on any atom is -0.455 e. The number of rotatable bonds is 4. The largest absolute Gasteiger partial charge is 0.455 e. The average Bonchev–Trinajstić information content (AvgIpc) is 3.15. The van der Waals surface area contributed by atoms with Gasteiger partial charge in [0.2, 0.25) is 5.91 Å². The predicted molar refractivity (Wildman–Crippen MR) is 101 cm³/mol. The highest BCUT2D eigenvalue weighted by Gasteiger charge is 2.29. The summed E-state index contributed by atoms with van der Waals surface area (Å²) in [7, 11) is 0. The lowest BCUT2D eigenvalue weighted by Gasteiger charge is -2.28. The zero-order chi connectivity index (χ0) is 17.9. The van der Waals surface area contributed by atoms with Gasteiger partial charge in [-0.05, 0) is 36.4 Å².